The summed E-state index contributed by atoms with van der Waals surface area (Å²) in [5, 5.41) is 1.52. The van der Waals surface area contributed by atoms with Gasteiger partial charge in [0, 0.05) is 16.6 Å². The summed E-state index contributed by atoms with van der Waals surface area (Å²) in [4.78, 5) is 15.4. The summed E-state index contributed by atoms with van der Waals surface area (Å²) in [6.07, 6.45) is 1.81. The summed E-state index contributed by atoms with van der Waals surface area (Å²) in [5.41, 5.74) is 3.09. The van der Waals surface area contributed by atoms with Gasteiger partial charge >= 0.3 is 5.63 Å². The van der Waals surface area contributed by atoms with Crippen LogP contribution < -0.4 is 5.63 Å². The average molecular weight is 369 g/mol. The Bertz CT molecular complexity index is 1220. The Kier molecular flexibility index (Phi) is 3.82. The van der Waals surface area contributed by atoms with Crippen molar-refractivity contribution in [2.75, 3.05) is 0 Å². The first kappa shape index (κ1) is 15.9. The fourth-order valence-electron chi connectivity index (χ4n) is 2.85. The molecule has 6 heteroatoms. The molecule has 4 nitrogen and oxygen atoms in total. The fraction of sp³-hybridized carbons (Fsp3) is 0.0526. The van der Waals surface area contributed by atoms with E-state index in [1.54, 1.807) is 18.3 Å². The number of nitrogens with zero attached hydrogens (tertiary/aromatic N) is 1. The van der Waals surface area contributed by atoms with Crippen LogP contribution in [0.5, 0.6) is 0 Å². The highest BCUT2D eigenvalue weighted by Gasteiger charge is 2.12. The van der Waals surface area contributed by atoms with Crippen LogP contribution in [0.25, 0.3) is 27.9 Å². The van der Waals surface area contributed by atoms with Gasteiger partial charge in [0.2, 0.25) is 0 Å². The third kappa shape index (κ3) is 2.81. The number of halogens is 1. The maximum absolute atomic E-state index is 12.4. The first-order chi connectivity index (χ1) is 12.0. The molecule has 0 fully saturated rings. The Balaban J connectivity index is 1.90. The minimum Gasteiger partial charge on any atom is -0.422 e. The van der Waals surface area contributed by atoms with Gasteiger partial charge in [-0.25, -0.2) is 4.79 Å². The number of aromatic nitrogens is 2. The van der Waals surface area contributed by atoms with E-state index in [9.17, 15) is 4.79 Å². The minimum absolute atomic E-state index is 0.407. The molecule has 0 aliphatic heterocycles. The number of imidazole rings is 1. The number of hydrogen-bond acceptors (Lipinski definition) is 3. The van der Waals surface area contributed by atoms with Crippen LogP contribution in [0.1, 0.15) is 5.56 Å². The number of benzene rings is 2. The van der Waals surface area contributed by atoms with E-state index in [0.717, 1.165) is 16.6 Å². The lowest BCUT2D eigenvalue weighted by Crippen LogP contribution is -2.02. The van der Waals surface area contributed by atoms with Gasteiger partial charge in [-0.05, 0) is 55.0 Å². The second-order valence-electron chi connectivity index (χ2n) is 5.76. The van der Waals surface area contributed by atoms with Gasteiger partial charge in [0.15, 0.2) is 4.77 Å². The number of aryl methyl sites for hydroxylation is 1. The average Bonchev–Trinajstić information content (AvgIpc) is 2.95. The van der Waals surface area contributed by atoms with E-state index < -0.39 is 5.63 Å². The second-order valence-corrected chi connectivity index (χ2v) is 6.58. The van der Waals surface area contributed by atoms with E-state index in [4.69, 9.17) is 28.2 Å². The van der Waals surface area contributed by atoms with Crippen LogP contribution in [0.15, 0.2) is 63.9 Å². The molecule has 4 rings (SSSR count). The van der Waals surface area contributed by atoms with Crippen molar-refractivity contribution in [2.45, 2.75) is 6.92 Å². The largest absolute Gasteiger partial charge is 0.422 e. The molecule has 124 valence electrons. The fourth-order valence-corrected chi connectivity index (χ4v) is 3.34. The third-order valence-electron chi connectivity index (χ3n) is 4.07. The molecule has 0 amide bonds. The quantitative estimate of drug-likeness (QED) is 0.387. The van der Waals surface area contributed by atoms with E-state index in [2.05, 4.69) is 4.98 Å². The summed E-state index contributed by atoms with van der Waals surface area (Å²) in [6.45, 7) is 1.96. The van der Waals surface area contributed by atoms with Crippen molar-refractivity contribution >= 4 is 34.8 Å². The molecule has 0 aliphatic carbocycles. The lowest BCUT2D eigenvalue weighted by atomic mass is 10.1. The Morgan fingerprint density at radius 1 is 1.16 bits per heavy atom. The molecule has 2 aromatic heterocycles. The zero-order valence-corrected chi connectivity index (χ0v) is 14.8. The van der Waals surface area contributed by atoms with Gasteiger partial charge in [-0.2, -0.15) is 0 Å². The van der Waals surface area contributed by atoms with E-state index in [-0.39, 0.29) is 0 Å². The van der Waals surface area contributed by atoms with Crippen LogP contribution in [0.4, 0.5) is 0 Å². The molecular formula is C19H13ClN2O2S. The highest BCUT2D eigenvalue weighted by atomic mass is 35.5. The highest BCUT2D eigenvalue weighted by molar-refractivity contribution is 7.71. The molecule has 0 bridgehead atoms. The first-order valence-corrected chi connectivity index (χ1v) is 8.43. The lowest BCUT2D eigenvalue weighted by Gasteiger charge is -2.06. The standard InChI is InChI=1S/C19H13ClN2O2S/c1-11-8-13(20)6-7-16(11)22-10-15(21-19(22)25)14-9-12-4-2-3-5-17(12)24-18(14)23/h2-10H,1H3,(H,21,25). The normalized spacial score (nSPS) is 11.1. The van der Waals surface area contributed by atoms with Crippen LogP contribution in [0.2, 0.25) is 5.02 Å². The maximum Gasteiger partial charge on any atom is 0.345 e. The molecule has 2 heterocycles. The summed E-state index contributed by atoms with van der Waals surface area (Å²) < 4.78 is 7.72. The predicted molar refractivity (Wildman–Crippen MR) is 102 cm³/mol. The van der Waals surface area contributed by atoms with Crippen LogP contribution >= 0.6 is 23.8 Å². The number of hydrogen-bond donors (Lipinski definition) is 1. The van der Waals surface area contributed by atoms with E-state index >= 15 is 0 Å². The molecule has 0 unspecified atom stereocenters. The summed E-state index contributed by atoms with van der Waals surface area (Å²) in [6, 6.07) is 14.8. The molecule has 1 N–H and O–H groups in total. The molecule has 2 aromatic carbocycles. The maximum atomic E-state index is 12.4. The molecule has 0 atom stereocenters. The van der Waals surface area contributed by atoms with Crippen molar-refractivity contribution in [3.63, 3.8) is 0 Å². The van der Waals surface area contributed by atoms with E-state index in [1.807, 2.05) is 47.9 Å². The summed E-state index contributed by atoms with van der Waals surface area (Å²) in [5.74, 6) is 0. The number of aromatic amines is 1. The van der Waals surface area contributed by atoms with Crippen LogP contribution in [-0.4, -0.2) is 9.55 Å². The number of nitrogens with one attached hydrogen (secondary N) is 1. The van der Waals surface area contributed by atoms with Gasteiger partial charge in [0.1, 0.15) is 5.58 Å². The monoisotopic (exact) mass is 368 g/mol. The van der Waals surface area contributed by atoms with Crippen molar-refractivity contribution in [3.05, 3.63) is 80.5 Å². The van der Waals surface area contributed by atoms with E-state index in [0.29, 0.717) is 26.6 Å². The lowest BCUT2D eigenvalue weighted by molar-refractivity contribution is 0.563. The molecule has 25 heavy (non-hydrogen) atoms. The number of H-pyrrole nitrogens is 1. The first-order valence-electron chi connectivity index (χ1n) is 7.64. The summed E-state index contributed by atoms with van der Waals surface area (Å²) in [7, 11) is 0. The van der Waals surface area contributed by atoms with Crippen LogP contribution in [0, 0.1) is 11.7 Å². The van der Waals surface area contributed by atoms with Gasteiger partial charge in [-0.3, -0.25) is 4.57 Å². The van der Waals surface area contributed by atoms with Crippen molar-refractivity contribution < 1.29 is 4.42 Å². The number of para-hydroxylation sites is 1. The Morgan fingerprint density at radius 2 is 1.96 bits per heavy atom. The third-order valence-corrected chi connectivity index (χ3v) is 4.60. The van der Waals surface area contributed by atoms with Crippen LogP contribution in [-0.2, 0) is 0 Å². The molecule has 0 aliphatic rings. The molecule has 0 saturated carbocycles. The van der Waals surface area contributed by atoms with Crippen molar-refractivity contribution in [1.29, 1.82) is 0 Å². The SMILES string of the molecule is Cc1cc(Cl)ccc1-n1cc(-c2cc3ccccc3oc2=O)[nH]c1=S. The molecular weight excluding hydrogens is 356 g/mol. The van der Waals surface area contributed by atoms with Gasteiger partial charge in [0.05, 0.1) is 16.9 Å². The van der Waals surface area contributed by atoms with Gasteiger partial charge in [-0.1, -0.05) is 29.8 Å². The van der Waals surface area contributed by atoms with E-state index in [1.165, 1.54) is 0 Å². The second kappa shape index (κ2) is 6.02. The van der Waals surface area contributed by atoms with Gasteiger partial charge < -0.3 is 9.40 Å². The van der Waals surface area contributed by atoms with Crippen molar-refractivity contribution in [3.8, 4) is 16.9 Å². The Morgan fingerprint density at radius 3 is 2.76 bits per heavy atom. The van der Waals surface area contributed by atoms with Crippen LogP contribution in [0.3, 0.4) is 0 Å². The Labute approximate surface area is 153 Å². The zero-order valence-electron chi connectivity index (χ0n) is 13.2. The highest BCUT2D eigenvalue weighted by Crippen LogP contribution is 2.24. The van der Waals surface area contributed by atoms with Gasteiger partial charge in [0.25, 0.3) is 0 Å². The summed E-state index contributed by atoms with van der Waals surface area (Å²) >= 11 is 11.5. The molecule has 0 radical (unpaired) electrons. The van der Waals surface area contributed by atoms with Crippen molar-refractivity contribution in [1.82, 2.24) is 9.55 Å². The number of rotatable bonds is 2. The predicted octanol–water partition coefficient (Wildman–Crippen LogP) is 5.27. The smallest absolute Gasteiger partial charge is 0.345 e. The topological polar surface area (TPSA) is 50.9 Å². The molecule has 0 saturated heterocycles. The Hall–Kier alpha value is -2.63. The molecule has 0 spiro atoms. The van der Waals surface area contributed by atoms with Crippen molar-refractivity contribution in [2.24, 2.45) is 0 Å². The number of fused-ring (bicyclic) bond motifs is 1. The zero-order chi connectivity index (χ0) is 17.6. The minimum atomic E-state index is -0.407. The molecule has 4 aromatic rings. The van der Waals surface area contributed by atoms with Gasteiger partial charge in [-0.15, -0.1) is 0 Å².